The Morgan fingerprint density at radius 2 is 0.800 bits per heavy atom. The minimum atomic E-state index is -2.62. The molecule has 2 aromatic carbocycles. The first-order chi connectivity index (χ1) is 14.0. The lowest BCUT2D eigenvalue weighted by Crippen LogP contribution is -2.14. The summed E-state index contributed by atoms with van der Waals surface area (Å²) in [6.45, 7) is 5.79. The Morgan fingerprint density at radius 1 is 0.533 bits per heavy atom. The van der Waals surface area contributed by atoms with E-state index < -0.39 is 81.1 Å². The van der Waals surface area contributed by atoms with Crippen molar-refractivity contribution in [2.75, 3.05) is 0 Å². The molecule has 0 saturated heterocycles. The molecule has 4 nitrogen and oxygen atoms in total. The first-order valence-electron chi connectivity index (χ1n) is 7.38. The maximum Gasteiger partial charge on any atom is 0.335 e. The molecule has 0 bridgehead atoms. The average Bonchev–Trinajstić information content (AvgIpc) is 2.73. The van der Waals surface area contributed by atoms with Crippen LogP contribution in [0, 0.1) is 46.5 Å². The van der Waals surface area contributed by atoms with Crippen LogP contribution >= 0.6 is 0 Å². The van der Waals surface area contributed by atoms with Gasteiger partial charge in [-0.25, -0.2) is 35.9 Å². The number of rotatable bonds is 5. The highest BCUT2D eigenvalue weighted by Crippen LogP contribution is 2.46. The fourth-order valence-electron chi connectivity index (χ4n) is 2.15. The van der Waals surface area contributed by atoms with E-state index in [1.165, 1.54) is 0 Å². The predicted molar refractivity (Wildman–Crippen MR) is 83.2 cm³/mol. The van der Waals surface area contributed by atoms with Crippen molar-refractivity contribution in [1.29, 1.82) is 0 Å². The number of carbonyl (C=O) groups is 2. The first kappa shape index (κ1) is 22.6. The third kappa shape index (κ3) is 3.63. The second-order valence-corrected chi connectivity index (χ2v) is 5.17. The summed E-state index contributed by atoms with van der Waals surface area (Å²) in [5.74, 6) is -27.2. The molecule has 0 N–H and O–H groups in total. The standard InChI is InChI=1S/C18H6F8O4/c1-3-5(27)29-17-7(9(19)11(21)13(23)15(17)25)8-10(20)12(22)14(24)16(26)18(8)30-6(28)4-2/h3-4H,1-2H2. The molecule has 0 radical (unpaired) electrons. The van der Waals surface area contributed by atoms with Crippen molar-refractivity contribution in [1.82, 2.24) is 0 Å². The number of hydrogen-bond donors (Lipinski definition) is 0. The lowest BCUT2D eigenvalue weighted by molar-refractivity contribution is -0.130. The lowest BCUT2D eigenvalue weighted by Gasteiger charge is -2.17. The Morgan fingerprint density at radius 3 is 1.07 bits per heavy atom. The second kappa shape index (κ2) is 8.35. The zero-order valence-corrected chi connectivity index (χ0v) is 14.2. The monoisotopic (exact) mass is 438 g/mol. The fraction of sp³-hybridized carbons (Fsp3) is 0. The number of benzene rings is 2. The largest absolute Gasteiger partial charge is 0.419 e. The third-order valence-corrected chi connectivity index (χ3v) is 3.44. The number of carbonyl (C=O) groups excluding carboxylic acids is 2. The summed E-state index contributed by atoms with van der Waals surface area (Å²) in [7, 11) is 0. The number of esters is 2. The molecule has 0 unspecified atom stereocenters. The minimum absolute atomic E-state index is 0.337. The molecular formula is C18H6F8O4. The van der Waals surface area contributed by atoms with Crippen LogP contribution in [0.25, 0.3) is 11.1 Å². The van der Waals surface area contributed by atoms with Gasteiger partial charge in [-0.15, -0.1) is 0 Å². The molecular weight excluding hydrogens is 432 g/mol. The van der Waals surface area contributed by atoms with E-state index in [9.17, 15) is 44.7 Å². The first-order valence-corrected chi connectivity index (χ1v) is 7.38. The van der Waals surface area contributed by atoms with Gasteiger partial charge in [0, 0.05) is 12.2 Å². The van der Waals surface area contributed by atoms with Gasteiger partial charge in [-0.3, -0.25) is 0 Å². The highest BCUT2D eigenvalue weighted by Gasteiger charge is 2.36. The van der Waals surface area contributed by atoms with Crippen molar-refractivity contribution in [2.45, 2.75) is 0 Å². The number of ether oxygens (including phenoxy) is 2. The lowest BCUT2D eigenvalue weighted by atomic mass is 10.00. The zero-order chi connectivity index (χ0) is 22.9. The van der Waals surface area contributed by atoms with Gasteiger partial charge in [0.2, 0.25) is 23.3 Å². The Hall–Kier alpha value is -3.70. The number of halogens is 8. The van der Waals surface area contributed by atoms with E-state index in [1.54, 1.807) is 0 Å². The third-order valence-electron chi connectivity index (χ3n) is 3.44. The molecule has 2 aromatic rings. The van der Waals surface area contributed by atoms with Crippen molar-refractivity contribution >= 4 is 11.9 Å². The molecule has 0 amide bonds. The van der Waals surface area contributed by atoms with Crippen LogP contribution in [0.3, 0.4) is 0 Å². The van der Waals surface area contributed by atoms with Gasteiger partial charge in [-0.1, -0.05) is 13.2 Å². The van der Waals surface area contributed by atoms with E-state index >= 15 is 0 Å². The predicted octanol–water partition coefficient (Wildman–Crippen LogP) is 4.65. The average molecular weight is 438 g/mol. The van der Waals surface area contributed by atoms with Crippen LogP contribution in [0.4, 0.5) is 35.1 Å². The van der Waals surface area contributed by atoms with Gasteiger partial charge < -0.3 is 9.47 Å². The van der Waals surface area contributed by atoms with E-state index in [0.717, 1.165) is 0 Å². The summed E-state index contributed by atoms with van der Waals surface area (Å²) < 4.78 is 120. The molecule has 0 aliphatic carbocycles. The van der Waals surface area contributed by atoms with Gasteiger partial charge in [-0.05, 0) is 0 Å². The summed E-state index contributed by atoms with van der Waals surface area (Å²) in [4.78, 5) is 22.7. The van der Waals surface area contributed by atoms with Gasteiger partial charge in [0.15, 0.2) is 34.8 Å². The summed E-state index contributed by atoms with van der Waals surface area (Å²) >= 11 is 0. The summed E-state index contributed by atoms with van der Waals surface area (Å²) in [5.41, 5.74) is -3.85. The minimum Gasteiger partial charge on any atom is -0.419 e. The summed E-state index contributed by atoms with van der Waals surface area (Å²) in [6, 6.07) is 0. The molecule has 0 atom stereocenters. The van der Waals surface area contributed by atoms with Gasteiger partial charge in [0.25, 0.3) is 0 Å². The van der Waals surface area contributed by atoms with Crippen LogP contribution in [-0.4, -0.2) is 11.9 Å². The van der Waals surface area contributed by atoms with Crippen LogP contribution in [-0.2, 0) is 9.59 Å². The van der Waals surface area contributed by atoms with Crippen LogP contribution < -0.4 is 9.47 Å². The maximum atomic E-state index is 14.4. The van der Waals surface area contributed by atoms with Crippen molar-refractivity contribution in [3.8, 4) is 22.6 Å². The Labute approximate surface area is 161 Å². The van der Waals surface area contributed by atoms with Crippen molar-refractivity contribution in [3.05, 3.63) is 71.8 Å². The molecule has 158 valence electrons. The summed E-state index contributed by atoms with van der Waals surface area (Å²) in [6.07, 6.45) is 0.673. The second-order valence-electron chi connectivity index (χ2n) is 5.17. The quantitative estimate of drug-likeness (QED) is 0.170. The molecule has 30 heavy (non-hydrogen) atoms. The van der Waals surface area contributed by atoms with Crippen LogP contribution in [0.5, 0.6) is 11.5 Å². The molecule has 0 spiro atoms. The molecule has 12 heteroatoms. The Bertz CT molecular complexity index is 1020. The van der Waals surface area contributed by atoms with Crippen molar-refractivity contribution in [3.63, 3.8) is 0 Å². The zero-order valence-electron chi connectivity index (χ0n) is 14.2. The Kier molecular flexibility index (Phi) is 6.29. The molecule has 2 rings (SSSR count). The maximum absolute atomic E-state index is 14.4. The van der Waals surface area contributed by atoms with Crippen molar-refractivity contribution < 1.29 is 54.2 Å². The Balaban J connectivity index is 3.10. The van der Waals surface area contributed by atoms with Gasteiger partial charge in [-0.2, -0.15) is 8.78 Å². The van der Waals surface area contributed by atoms with Gasteiger partial charge >= 0.3 is 11.9 Å². The highest BCUT2D eigenvalue weighted by molar-refractivity contribution is 5.89. The normalized spacial score (nSPS) is 10.5. The SMILES string of the molecule is C=CC(=O)Oc1c(F)c(F)c(F)c(F)c1-c1c(F)c(F)c(F)c(F)c1OC(=O)C=C. The smallest absolute Gasteiger partial charge is 0.335 e. The van der Waals surface area contributed by atoms with Crippen molar-refractivity contribution in [2.24, 2.45) is 0 Å². The molecule has 0 fully saturated rings. The van der Waals surface area contributed by atoms with Gasteiger partial charge in [0.05, 0.1) is 11.1 Å². The van der Waals surface area contributed by atoms with Crippen LogP contribution in [0.1, 0.15) is 0 Å². The fourth-order valence-corrected chi connectivity index (χ4v) is 2.15. The van der Waals surface area contributed by atoms with E-state index in [0.29, 0.717) is 12.2 Å². The molecule has 0 aliphatic heterocycles. The molecule has 0 heterocycles. The van der Waals surface area contributed by atoms with E-state index in [-0.39, 0.29) is 0 Å². The van der Waals surface area contributed by atoms with Crippen LogP contribution in [0.2, 0.25) is 0 Å². The summed E-state index contributed by atoms with van der Waals surface area (Å²) in [5, 5.41) is 0. The topological polar surface area (TPSA) is 52.6 Å². The van der Waals surface area contributed by atoms with E-state index in [2.05, 4.69) is 22.6 Å². The molecule has 0 aromatic heterocycles. The highest BCUT2D eigenvalue weighted by atomic mass is 19.2. The van der Waals surface area contributed by atoms with Crippen LogP contribution in [0.15, 0.2) is 25.3 Å². The van der Waals surface area contributed by atoms with Gasteiger partial charge in [0.1, 0.15) is 0 Å². The molecule has 0 saturated carbocycles. The van der Waals surface area contributed by atoms with E-state index in [4.69, 9.17) is 0 Å². The molecule has 0 aliphatic rings. The number of hydrogen-bond acceptors (Lipinski definition) is 4. The van der Waals surface area contributed by atoms with E-state index in [1.807, 2.05) is 0 Å².